The molecule has 0 fully saturated rings. The molecule has 1 heterocycles. The van der Waals surface area contributed by atoms with Gasteiger partial charge in [-0.2, -0.15) is 0 Å². The Balaban J connectivity index is 2.33. The summed E-state index contributed by atoms with van der Waals surface area (Å²) in [5, 5.41) is 14.8. The van der Waals surface area contributed by atoms with Gasteiger partial charge in [0, 0.05) is 34.4 Å². The smallest absolute Gasteiger partial charge is 0.0897 e. The van der Waals surface area contributed by atoms with E-state index in [0.29, 0.717) is 13.2 Å². The Hall–Kier alpha value is 0.0600. The highest BCUT2D eigenvalue weighted by atomic mass is 79.9. The lowest BCUT2D eigenvalue weighted by Crippen LogP contribution is -2.31. The van der Waals surface area contributed by atoms with E-state index in [1.807, 2.05) is 0 Å². The zero-order valence-corrected chi connectivity index (χ0v) is 11.3. The van der Waals surface area contributed by atoms with Gasteiger partial charge in [-0.1, -0.05) is 0 Å². The van der Waals surface area contributed by atoms with E-state index in [2.05, 4.69) is 39.6 Å². The van der Waals surface area contributed by atoms with Crippen LogP contribution in [0.1, 0.15) is 17.8 Å². The normalized spacial score (nSPS) is 15.2. The highest BCUT2D eigenvalue weighted by Gasteiger charge is 2.09. The van der Waals surface area contributed by atoms with Gasteiger partial charge < -0.3 is 15.2 Å². The van der Waals surface area contributed by atoms with Crippen LogP contribution < -0.4 is 5.32 Å². The molecule has 0 saturated carbocycles. The van der Waals surface area contributed by atoms with Crippen LogP contribution in [-0.2, 0) is 4.74 Å². The fourth-order valence-electron chi connectivity index (χ4n) is 1.22. The summed E-state index contributed by atoms with van der Waals surface area (Å²) >= 11 is 5.12. The predicted octanol–water partition coefficient (Wildman–Crippen LogP) is 2.17. The number of hydrogen-bond acceptors (Lipinski definition) is 4. The van der Waals surface area contributed by atoms with Crippen LogP contribution in [0.3, 0.4) is 0 Å². The lowest BCUT2D eigenvalue weighted by atomic mass is 10.2. The largest absolute Gasteiger partial charge is 0.389 e. The number of aliphatic hydroxyl groups excluding tert-OH is 1. The molecule has 1 aromatic heterocycles. The molecule has 0 aliphatic heterocycles. The molecule has 2 N–H and O–H groups in total. The highest BCUT2D eigenvalue weighted by molar-refractivity contribution is 9.10. The minimum atomic E-state index is -0.444. The molecule has 2 atom stereocenters. The first-order valence-electron chi connectivity index (χ1n) is 4.77. The molecule has 0 bridgehead atoms. The highest BCUT2D eigenvalue weighted by Crippen LogP contribution is 2.25. The molecule has 2 unspecified atom stereocenters. The van der Waals surface area contributed by atoms with Crippen LogP contribution in [0.2, 0.25) is 0 Å². The Labute approximate surface area is 103 Å². The summed E-state index contributed by atoms with van der Waals surface area (Å²) in [5.41, 5.74) is 0. The van der Waals surface area contributed by atoms with Crippen molar-refractivity contribution < 1.29 is 9.84 Å². The van der Waals surface area contributed by atoms with Crippen molar-refractivity contribution in [1.82, 2.24) is 5.32 Å². The molecular formula is C10H16BrNO2S. The predicted molar refractivity (Wildman–Crippen MR) is 66.3 cm³/mol. The molecule has 1 rings (SSSR count). The molecule has 0 amide bonds. The van der Waals surface area contributed by atoms with Gasteiger partial charge in [-0.25, -0.2) is 0 Å². The first kappa shape index (κ1) is 13.1. The second kappa shape index (κ2) is 6.60. The Morgan fingerprint density at radius 2 is 2.40 bits per heavy atom. The van der Waals surface area contributed by atoms with E-state index in [1.165, 1.54) is 4.88 Å². The van der Waals surface area contributed by atoms with Crippen LogP contribution in [0.4, 0.5) is 0 Å². The summed E-state index contributed by atoms with van der Waals surface area (Å²) in [6, 6.07) is 2.35. The maximum Gasteiger partial charge on any atom is 0.0897 e. The van der Waals surface area contributed by atoms with Gasteiger partial charge in [-0.05, 0) is 28.9 Å². The maximum absolute atomic E-state index is 9.46. The van der Waals surface area contributed by atoms with E-state index in [-0.39, 0.29) is 6.04 Å². The van der Waals surface area contributed by atoms with Crippen LogP contribution in [-0.4, -0.2) is 31.5 Å². The fraction of sp³-hybridized carbons (Fsp3) is 0.600. The van der Waals surface area contributed by atoms with Crippen molar-refractivity contribution in [2.75, 3.05) is 20.3 Å². The fourth-order valence-corrected chi connectivity index (χ4v) is 2.70. The second-order valence-corrected chi connectivity index (χ2v) is 5.26. The quantitative estimate of drug-likeness (QED) is 0.845. The van der Waals surface area contributed by atoms with Crippen molar-refractivity contribution in [2.24, 2.45) is 0 Å². The number of methoxy groups -OCH3 is 1. The monoisotopic (exact) mass is 293 g/mol. The first-order chi connectivity index (χ1) is 7.13. The van der Waals surface area contributed by atoms with Crippen molar-refractivity contribution in [3.8, 4) is 0 Å². The average Bonchev–Trinajstić information content (AvgIpc) is 2.62. The summed E-state index contributed by atoms with van der Waals surface area (Å²) in [6.07, 6.45) is -0.444. The zero-order valence-electron chi connectivity index (χ0n) is 8.87. The number of halogens is 1. The number of thiophene rings is 1. The minimum Gasteiger partial charge on any atom is -0.389 e. The molecule has 1 aromatic rings. The van der Waals surface area contributed by atoms with Crippen LogP contribution in [0, 0.1) is 0 Å². The summed E-state index contributed by atoms with van der Waals surface area (Å²) in [5.74, 6) is 0. The van der Waals surface area contributed by atoms with Gasteiger partial charge in [-0.15, -0.1) is 11.3 Å². The molecule has 0 radical (unpaired) electrons. The van der Waals surface area contributed by atoms with Crippen molar-refractivity contribution in [3.63, 3.8) is 0 Å². The molecule has 0 aliphatic carbocycles. The van der Waals surface area contributed by atoms with Crippen molar-refractivity contribution >= 4 is 27.3 Å². The van der Waals surface area contributed by atoms with E-state index in [1.54, 1.807) is 18.4 Å². The molecule has 0 aromatic carbocycles. The van der Waals surface area contributed by atoms with Gasteiger partial charge in [0.2, 0.25) is 0 Å². The second-order valence-electron chi connectivity index (χ2n) is 3.41. The van der Waals surface area contributed by atoms with Crippen molar-refractivity contribution in [1.29, 1.82) is 0 Å². The Bertz CT molecular complexity index is 293. The number of ether oxygens (including phenoxy) is 1. The van der Waals surface area contributed by atoms with Gasteiger partial charge >= 0.3 is 0 Å². The Morgan fingerprint density at radius 3 is 2.93 bits per heavy atom. The maximum atomic E-state index is 9.46. The van der Waals surface area contributed by atoms with Gasteiger partial charge in [-0.3, -0.25) is 0 Å². The number of rotatable bonds is 6. The van der Waals surface area contributed by atoms with E-state index in [0.717, 1.165) is 4.47 Å². The van der Waals surface area contributed by atoms with Gasteiger partial charge in [0.1, 0.15) is 0 Å². The summed E-state index contributed by atoms with van der Waals surface area (Å²) in [6.45, 7) is 3.00. The molecule has 5 heteroatoms. The first-order valence-corrected chi connectivity index (χ1v) is 6.45. The number of aliphatic hydroxyl groups is 1. The molecule has 0 saturated heterocycles. The van der Waals surface area contributed by atoms with Gasteiger partial charge in [0.25, 0.3) is 0 Å². The molecule has 0 aliphatic rings. The van der Waals surface area contributed by atoms with Gasteiger partial charge in [0.05, 0.1) is 12.7 Å². The molecular weight excluding hydrogens is 278 g/mol. The summed E-state index contributed by atoms with van der Waals surface area (Å²) in [7, 11) is 1.59. The van der Waals surface area contributed by atoms with Crippen LogP contribution in [0.25, 0.3) is 0 Å². The molecule has 0 spiro atoms. The van der Waals surface area contributed by atoms with Crippen LogP contribution in [0.15, 0.2) is 15.9 Å². The van der Waals surface area contributed by atoms with E-state index >= 15 is 0 Å². The van der Waals surface area contributed by atoms with Crippen LogP contribution in [0.5, 0.6) is 0 Å². The molecule has 86 valence electrons. The SMILES string of the molecule is COCC(O)CNC(C)c1cc(Br)cs1. The minimum absolute atomic E-state index is 0.257. The summed E-state index contributed by atoms with van der Waals surface area (Å²) in [4.78, 5) is 1.26. The van der Waals surface area contributed by atoms with Crippen molar-refractivity contribution in [2.45, 2.75) is 19.1 Å². The van der Waals surface area contributed by atoms with E-state index in [9.17, 15) is 5.11 Å². The number of hydrogen-bond donors (Lipinski definition) is 2. The summed E-state index contributed by atoms with van der Waals surface area (Å²) < 4.78 is 5.96. The zero-order chi connectivity index (χ0) is 11.3. The van der Waals surface area contributed by atoms with E-state index in [4.69, 9.17) is 4.74 Å². The number of nitrogens with one attached hydrogen (secondary N) is 1. The van der Waals surface area contributed by atoms with E-state index < -0.39 is 6.10 Å². The van der Waals surface area contributed by atoms with Crippen molar-refractivity contribution in [3.05, 3.63) is 20.8 Å². The van der Waals surface area contributed by atoms with Crippen LogP contribution >= 0.6 is 27.3 Å². The molecule has 3 nitrogen and oxygen atoms in total. The third-order valence-electron chi connectivity index (χ3n) is 2.03. The average molecular weight is 294 g/mol. The topological polar surface area (TPSA) is 41.5 Å². The Morgan fingerprint density at radius 1 is 1.67 bits per heavy atom. The lowest BCUT2D eigenvalue weighted by molar-refractivity contribution is 0.0631. The molecule has 15 heavy (non-hydrogen) atoms. The third kappa shape index (κ3) is 4.61. The lowest BCUT2D eigenvalue weighted by Gasteiger charge is -2.15. The third-order valence-corrected chi connectivity index (χ3v) is 3.91. The standard InChI is InChI=1S/C10H16BrNO2S/c1-7(10-3-8(11)6-15-10)12-4-9(13)5-14-2/h3,6-7,9,12-13H,4-5H2,1-2H3. The Kier molecular flexibility index (Phi) is 5.78. The van der Waals surface area contributed by atoms with Gasteiger partial charge in [0.15, 0.2) is 0 Å².